The summed E-state index contributed by atoms with van der Waals surface area (Å²) < 4.78 is 10.4. The van der Waals surface area contributed by atoms with E-state index in [-0.39, 0.29) is 32.5 Å². The van der Waals surface area contributed by atoms with Crippen LogP contribution in [0.4, 0.5) is 0 Å². The van der Waals surface area contributed by atoms with Crippen molar-refractivity contribution in [3.8, 4) is 5.75 Å². The van der Waals surface area contributed by atoms with Crippen LogP contribution in [-0.4, -0.2) is 28.1 Å². The minimum Gasteiger partial charge on any atom is -0.872 e. The second-order valence-electron chi connectivity index (χ2n) is 8.62. The van der Waals surface area contributed by atoms with Crippen LogP contribution in [0, 0.1) is 0 Å². The first kappa shape index (κ1) is 25.5. The molecule has 26 heavy (non-hydrogen) atoms. The maximum absolute atomic E-state index is 12.6. The molecule has 4 heteroatoms. The zero-order valence-corrected chi connectivity index (χ0v) is 19.8. The standard InChI is InChI=1S/C16H26O.2C3H7O.Al/c1-7-15(3,4)12-10-9-11-13(14(12)17)16(5,6)8-2;2*1-3(2)4;/h9-11,17H,7-8H2,1-6H3;2*3H,1-2H3;/q;2*-1;+3/p-1. The van der Waals surface area contributed by atoms with Crippen molar-refractivity contribution in [2.75, 3.05) is 0 Å². The molecule has 0 saturated carbocycles. The average molecular weight is 379 g/mol. The molecule has 0 spiro atoms. The van der Waals surface area contributed by atoms with E-state index in [0.29, 0.717) is 12.2 Å². The van der Waals surface area contributed by atoms with E-state index in [9.17, 15) is 5.11 Å². The normalized spacial score (nSPS) is 12.0. The fraction of sp³-hybridized carbons (Fsp3) is 0.727. The fourth-order valence-electron chi connectivity index (χ4n) is 2.24. The quantitative estimate of drug-likeness (QED) is 0.560. The molecule has 0 N–H and O–H groups in total. The Labute approximate surface area is 168 Å². The monoisotopic (exact) mass is 378 g/mol. The van der Waals surface area contributed by atoms with Crippen LogP contribution in [0.1, 0.15) is 93.2 Å². The first-order valence-electron chi connectivity index (χ1n) is 9.82. The van der Waals surface area contributed by atoms with Crippen LogP contribution < -0.4 is 5.11 Å². The Hall–Kier alpha value is -0.528. The van der Waals surface area contributed by atoms with Crippen molar-refractivity contribution in [2.24, 2.45) is 0 Å². The third-order valence-corrected chi connectivity index (χ3v) is 6.21. The van der Waals surface area contributed by atoms with Gasteiger partial charge >= 0.3 is 63.4 Å². The number of para-hydroxylation sites is 1. The van der Waals surface area contributed by atoms with Gasteiger partial charge in [0.15, 0.2) is 0 Å². The fourth-order valence-corrected chi connectivity index (χ4v) is 2.75. The summed E-state index contributed by atoms with van der Waals surface area (Å²) in [5.74, 6) is 0.242. The van der Waals surface area contributed by atoms with Crippen molar-refractivity contribution in [1.29, 1.82) is 0 Å². The molecule has 0 atom stereocenters. The molecule has 0 aliphatic heterocycles. The molecule has 0 amide bonds. The summed E-state index contributed by atoms with van der Waals surface area (Å²) in [6, 6.07) is 6.00. The number of hydrogen-bond donors (Lipinski definition) is 0. The second kappa shape index (κ2) is 11.3. The summed E-state index contributed by atoms with van der Waals surface area (Å²) in [5.41, 5.74) is 1.85. The molecular formula is C22H39AlO3. The van der Waals surface area contributed by atoms with Gasteiger partial charge in [0.05, 0.1) is 0 Å². The van der Waals surface area contributed by atoms with Gasteiger partial charge in [-0.3, -0.25) is 0 Å². The molecule has 0 bridgehead atoms. The van der Waals surface area contributed by atoms with Gasteiger partial charge in [0.2, 0.25) is 0 Å². The van der Waals surface area contributed by atoms with Crippen LogP contribution in [-0.2, 0) is 18.4 Å². The van der Waals surface area contributed by atoms with Crippen molar-refractivity contribution in [3.63, 3.8) is 0 Å². The summed E-state index contributed by atoms with van der Waals surface area (Å²) in [6.45, 7) is 20.9. The Morgan fingerprint density at radius 1 is 0.846 bits per heavy atom. The third-order valence-electron chi connectivity index (χ3n) is 4.90. The van der Waals surface area contributed by atoms with E-state index in [1.807, 2.05) is 45.9 Å². The Morgan fingerprint density at radius 3 is 1.46 bits per heavy atom. The maximum atomic E-state index is 12.6. The van der Waals surface area contributed by atoms with Gasteiger partial charge in [-0.1, -0.05) is 59.7 Å². The van der Waals surface area contributed by atoms with Crippen molar-refractivity contribution in [1.82, 2.24) is 0 Å². The molecule has 0 aromatic heterocycles. The first-order chi connectivity index (χ1) is 11.9. The van der Waals surface area contributed by atoms with Crippen molar-refractivity contribution in [2.45, 2.75) is 105 Å². The molecule has 0 heterocycles. The van der Waals surface area contributed by atoms with Crippen molar-refractivity contribution in [3.05, 3.63) is 29.3 Å². The molecule has 0 aliphatic rings. The SMILES string of the molecule is CC(C)[O][Al+][O]C(C)C.CCC(C)(C)c1cccc(C(C)(C)CC)c1[O-]. The zero-order valence-electron chi connectivity index (χ0n) is 18.6. The Kier molecular flexibility index (Phi) is 11.1. The van der Waals surface area contributed by atoms with Gasteiger partial charge in [0.1, 0.15) is 0 Å². The van der Waals surface area contributed by atoms with E-state index >= 15 is 0 Å². The van der Waals surface area contributed by atoms with Crippen LogP contribution in [0.25, 0.3) is 0 Å². The molecule has 0 fully saturated rings. The maximum Gasteiger partial charge on any atom is -0.0112 e. The predicted octanol–water partition coefficient (Wildman–Crippen LogP) is 5.51. The zero-order chi connectivity index (χ0) is 20.5. The van der Waals surface area contributed by atoms with Crippen LogP contribution >= 0.6 is 0 Å². The van der Waals surface area contributed by atoms with Crippen LogP contribution in [0.15, 0.2) is 18.2 Å². The smallest absolute Gasteiger partial charge is 0.0112 e. The number of rotatable bonds is 8. The molecule has 148 valence electrons. The molecular weight excluding hydrogens is 339 g/mol. The van der Waals surface area contributed by atoms with E-state index in [1.165, 1.54) is 0 Å². The molecule has 1 aromatic rings. The molecule has 1 aromatic carbocycles. The molecule has 0 saturated heterocycles. The predicted molar refractivity (Wildman–Crippen MR) is 111 cm³/mol. The topological polar surface area (TPSA) is 41.5 Å². The van der Waals surface area contributed by atoms with E-state index in [4.69, 9.17) is 7.58 Å². The van der Waals surface area contributed by atoms with E-state index in [0.717, 1.165) is 24.0 Å². The van der Waals surface area contributed by atoms with Gasteiger partial charge in [-0.15, -0.1) is 5.75 Å². The Morgan fingerprint density at radius 2 is 1.19 bits per heavy atom. The number of benzene rings is 1. The van der Waals surface area contributed by atoms with Crippen LogP contribution in [0.2, 0.25) is 0 Å². The van der Waals surface area contributed by atoms with Crippen LogP contribution in [0.3, 0.4) is 0 Å². The first-order valence-corrected chi connectivity index (χ1v) is 10.8. The molecule has 0 unspecified atom stereocenters. The molecule has 0 aliphatic carbocycles. The summed E-state index contributed by atoms with van der Waals surface area (Å²) in [4.78, 5) is 0. The van der Waals surface area contributed by atoms with E-state index in [1.54, 1.807) is 0 Å². The van der Waals surface area contributed by atoms with Crippen LogP contribution in [0.5, 0.6) is 5.75 Å². The second-order valence-corrected chi connectivity index (χ2v) is 9.36. The Bertz CT molecular complexity index is 480. The molecule has 3 nitrogen and oxygen atoms in total. The van der Waals surface area contributed by atoms with Crippen molar-refractivity contribution < 1.29 is 12.7 Å². The van der Waals surface area contributed by atoms with Gasteiger partial charge in [-0.05, 0) is 34.8 Å². The largest absolute Gasteiger partial charge is 0.872 e. The van der Waals surface area contributed by atoms with E-state index < -0.39 is 0 Å². The molecule has 0 radical (unpaired) electrons. The molecule has 1 rings (SSSR count). The Balaban J connectivity index is 0.000000590. The van der Waals surface area contributed by atoms with Gasteiger partial charge < -0.3 is 5.11 Å². The minimum atomic E-state index is -0.245. The summed E-state index contributed by atoms with van der Waals surface area (Å²) in [7, 11) is 0. The van der Waals surface area contributed by atoms with E-state index in [2.05, 4.69) is 41.5 Å². The van der Waals surface area contributed by atoms with Gasteiger partial charge in [0.25, 0.3) is 0 Å². The van der Waals surface area contributed by atoms with Crippen molar-refractivity contribution >= 4 is 15.9 Å². The summed E-state index contributed by atoms with van der Waals surface area (Å²) in [6.07, 6.45) is 2.58. The van der Waals surface area contributed by atoms with Gasteiger partial charge in [0, 0.05) is 0 Å². The van der Waals surface area contributed by atoms with Gasteiger partial charge in [-0.25, -0.2) is 0 Å². The third kappa shape index (κ3) is 8.44. The summed E-state index contributed by atoms with van der Waals surface area (Å²) in [5, 5.41) is 12.6. The average Bonchev–Trinajstić information content (AvgIpc) is 2.54. The number of hydrogen-bond acceptors (Lipinski definition) is 3. The summed E-state index contributed by atoms with van der Waals surface area (Å²) >= 11 is -0.245. The minimum absolute atomic E-state index is 0.0308. The van der Waals surface area contributed by atoms with Gasteiger partial charge in [-0.2, -0.15) is 0 Å².